The number of ether oxygens (including phenoxy) is 2. The monoisotopic (exact) mass is 864 g/mol. The molecule has 6 aromatic rings. The third-order valence-corrected chi connectivity index (χ3v) is 12.3. The van der Waals surface area contributed by atoms with E-state index in [9.17, 15) is 24.3 Å². The first kappa shape index (κ1) is 43.5. The van der Waals surface area contributed by atoms with Gasteiger partial charge in [-0.2, -0.15) is 0 Å². The van der Waals surface area contributed by atoms with Crippen LogP contribution < -0.4 is 10.6 Å². The predicted molar refractivity (Wildman–Crippen MR) is 242 cm³/mol. The summed E-state index contributed by atoms with van der Waals surface area (Å²) in [4.78, 5) is 72.2. The van der Waals surface area contributed by atoms with Crippen LogP contribution in [0.4, 0.5) is 9.59 Å². The van der Waals surface area contributed by atoms with E-state index in [2.05, 4.69) is 56.7 Å². The number of fused-ring (bicyclic) bond motifs is 3. The van der Waals surface area contributed by atoms with E-state index in [0.717, 1.165) is 62.6 Å². The highest BCUT2D eigenvalue weighted by molar-refractivity contribution is 6.05. The lowest BCUT2D eigenvalue weighted by Crippen LogP contribution is -2.51. The van der Waals surface area contributed by atoms with Crippen LogP contribution in [0.1, 0.15) is 80.9 Å². The lowest BCUT2D eigenvalue weighted by Gasteiger charge is -2.30. The molecule has 330 valence electrons. The average Bonchev–Trinajstić information content (AvgIpc) is 4.13. The van der Waals surface area contributed by atoms with Gasteiger partial charge in [-0.1, -0.05) is 80.4 Å². The van der Waals surface area contributed by atoms with Gasteiger partial charge in [-0.15, -0.1) is 5.92 Å². The fourth-order valence-electron chi connectivity index (χ4n) is 9.20. The topological polar surface area (TPSA) is 195 Å². The van der Waals surface area contributed by atoms with E-state index in [1.54, 1.807) is 47.4 Å². The average molecular weight is 865 g/mol. The summed E-state index contributed by atoms with van der Waals surface area (Å²) in [5.74, 6) is 7.07. The van der Waals surface area contributed by atoms with Gasteiger partial charge < -0.3 is 45.0 Å². The number of nitrogens with zero attached hydrogens (tertiary/aromatic N) is 4. The Bertz CT molecular complexity index is 2770. The summed E-state index contributed by atoms with van der Waals surface area (Å²) in [5, 5.41) is 16.8. The van der Waals surface area contributed by atoms with Crippen LogP contribution in [0.15, 0.2) is 85.1 Å². The van der Waals surface area contributed by atoms with Crippen LogP contribution in [0, 0.1) is 23.7 Å². The molecule has 4 aromatic carbocycles. The molecule has 2 aromatic heterocycles. The highest BCUT2D eigenvalue weighted by Gasteiger charge is 2.42. The number of benzene rings is 4. The van der Waals surface area contributed by atoms with Gasteiger partial charge in [-0.05, 0) is 72.4 Å². The lowest BCUT2D eigenvalue weighted by molar-refractivity contribution is -0.136. The molecule has 15 nitrogen and oxygen atoms in total. The highest BCUT2D eigenvalue weighted by Crippen LogP contribution is 2.39. The predicted octanol–water partition coefficient (Wildman–Crippen LogP) is 7.73. The largest absolute Gasteiger partial charge is 0.465 e. The van der Waals surface area contributed by atoms with Crippen LogP contribution in [-0.2, 0) is 19.1 Å². The minimum absolute atomic E-state index is 0.0315. The number of hydrogen-bond acceptors (Lipinski definition) is 8. The number of carbonyl (C=O) groups excluding carboxylic acids is 3. The van der Waals surface area contributed by atoms with Crippen LogP contribution in [0.25, 0.3) is 44.2 Å². The third kappa shape index (κ3) is 8.74. The maximum Gasteiger partial charge on any atom is 0.407 e. The summed E-state index contributed by atoms with van der Waals surface area (Å²) in [6.45, 7) is 7.00. The van der Waals surface area contributed by atoms with E-state index in [1.807, 2.05) is 51.1 Å². The van der Waals surface area contributed by atoms with Crippen molar-refractivity contribution in [2.45, 2.75) is 64.2 Å². The van der Waals surface area contributed by atoms with Crippen LogP contribution >= 0.6 is 0 Å². The van der Waals surface area contributed by atoms with Gasteiger partial charge in [-0.25, -0.2) is 19.6 Å². The number of methoxy groups -OCH3 is 2. The summed E-state index contributed by atoms with van der Waals surface area (Å²) in [6, 6.07) is 22.8. The van der Waals surface area contributed by atoms with Crippen molar-refractivity contribution in [3.05, 3.63) is 108 Å². The second-order valence-corrected chi connectivity index (χ2v) is 16.7. The van der Waals surface area contributed by atoms with Crippen LogP contribution in [-0.4, -0.2) is 98.8 Å². The second-order valence-electron chi connectivity index (χ2n) is 16.7. The van der Waals surface area contributed by atoms with E-state index < -0.39 is 30.3 Å². The Hall–Kier alpha value is -7.18. The number of hydrogen-bond donors (Lipinski definition) is 5. The Morgan fingerprint density at radius 3 is 2.44 bits per heavy atom. The SMILES string of the molecule is CC#Cc1cc(-c2cnc(C3CCCN3C(=O)[C@@H](NC(=O)OC)C(C)C)[nH]2)ccc1-c1ccc2c(ccc3[nH]c([C@@H]4C[C@H](COC)CN4C(=O)[C@H](NC(=O)O)c4ccccc4)nc32)c1. The number of aromatic nitrogens is 4. The van der Waals surface area contributed by atoms with Crippen LogP contribution in [0.2, 0.25) is 0 Å². The van der Waals surface area contributed by atoms with Crippen molar-refractivity contribution in [1.29, 1.82) is 0 Å². The molecule has 1 unspecified atom stereocenters. The van der Waals surface area contributed by atoms with E-state index >= 15 is 0 Å². The first-order valence-corrected chi connectivity index (χ1v) is 21.5. The van der Waals surface area contributed by atoms with Gasteiger partial charge in [0.15, 0.2) is 0 Å². The van der Waals surface area contributed by atoms with Crippen LogP contribution in [0.3, 0.4) is 0 Å². The molecule has 4 amide bonds. The van der Waals surface area contributed by atoms with Gasteiger partial charge in [0, 0.05) is 42.6 Å². The molecule has 15 heteroatoms. The minimum Gasteiger partial charge on any atom is -0.465 e. The molecule has 5 N–H and O–H groups in total. The number of carbonyl (C=O) groups is 4. The molecular formula is C49H52N8O7. The zero-order chi connectivity index (χ0) is 45.1. The summed E-state index contributed by atoms with van der Waals surface area (Å²) in [7, 11) is 2.92. The van der Waals surface area contributed by atoms with Gasteiger partial charge in [0.25, 0.3) is 5.91 Å². The van der Waals surface area contributed by atoms with E-state index in [-0.39, 0.29) is 29.7 Å². The number of alkyl carbamates (subject to hydrolysis) is 1. The Morgan fingerprint density at radius 1 is 0.906 bits per heavy atom. The summed E-state index contributed by atoms with van der Waals surface area (Å²) in [6.07, 6.45) is 2.02. The molecule has 0 bridgehead atoms. The van der Waals surface area contributed by atoms with Crippen molar-refractivity contribution in [2.75, 3.05) is 33.9 Å². The Labute approximate surface area is 370 Å². The van der Waals surface area contributed by atoms with Gasteiger partial charge in [0.05, 0.1) is 48.7 Å². The number of carboxylic acid groups (broad SMARTS) is 1. The molecule has 5 atom stereocenters. The molecule has 2 fully saturated rings. The maximum atomic E-state index is 14.2. The highest BCUT2D eigenvalue weighted by atomic mass is 16.5. The first-order chi connectivity index (χ1) is 31.0. The molecule has 0 radical (unpaired) electrons. The van der Waals surface area contributed by atoms with Crippen molar-refractivity contribution in [2.24, 2.45) is 11.8 Å². The van der Waals surface area contributed by atoms with Crippen molar-refractivity contribution >= 4 is 45.8 Å². The fraction of sp³-hybridized carbons (Fsp3) is 0.347. The molecule has 8 rings (SSSR count). The Morgan fingerprint density at radius 2 is 1.70 bits per heavy atom. The molecule has 0 saturated carbocycles. The van der Waals surface area contributed by atoms with Gasteiger partial charge in [0.1, 0.15) is 23.7 Å². The third-order valence-electron chi connectivity index (χ3n) is 12.3. The molecule has 2 saturated heterocycles. The zero-order valence-electron chi connectivity index (χ0n) is 36.5. The number of amides is 4. The van der Waals surface area contributed by atoms with Gasteiger partial charge in [0.2, 0.25) is 5.91 Å². The summed E-state index contributed by atoms with van der Waals surface area (Å²) < 4.78 is 10.3. The lowest BCUT2D eigenvalue weighted by atomic mass is 9.95. The number of aromatic amines is 2. The van der Waals surface area contributed by atoms with E-state index in [4.69, 9.17) is 19.4 Å². The molecule has 4 heterocycles. The number of H-pyrrole nitrogens is 2. The summed E-state index contributed by atoms with van der Waals surface area (Å²) >= 11 is 0. The van der Waals surface area contributed by atoms with Crippen molar-refractivity contribution < 1.29 is 33.8 Å². The second kappa shape index (κ2) is 18.7. The van der Waals surface area contributed by atoms with Gasteiger partial charge in [-0.3, -0.25) is 9.59 Å². The van der Waals surface area contributed by atoms with E-state index in [0.29, 0.717) is 43.3 Å². The van der Waals surface area contributed by atoms with Crippen molar-refractivity contribution in [3.8, 4) is 34.2 Å². The normalized spacial score (nSPS) is 18.2. The number of likely N-dealkylation sites (tertiary alicyclic amines) is 2. The number of nitrogens with one attached hydrogen (secondary N) is 4. The Kier molecular flexibility index (Phi) is 12.7. The number of imidazole rings is 2. The first-order valence-electron chi connectivity index (χ1n) is 21.5. The molecule has 0 aliphatic carbocycles. The fourth-order valence-corrected chi connectivity index (χ4v) is 9.20. The van der Waals surface area contributed by atoms with Gasteiger partial charge >= 0.3 is 12.2 Å². The minimum atomic E-state index is -1.28. The molecular weight excluding hydrogens is 813 g/mol. The molecule has 2 aliphatic heterocycles. The van der Waals surface area contributed by atoms with E-state index in [1.165, 1.54) is 7.11 Å². The zero-order valence-corrected chi connectivity index (χ0v) is 36.5. The molecule has 0 spiro atoms. The van der Waals surface area contributed by atoms with Crippen molar-refractivity contribution in [1.82, 2.24) is 40.4 Å². The molecule has 2 aliphatic rings. The standard InChI is InChI=1S/C49H52N8O7/c1-6-11-31-24-34(38-25-50-44(52-38)39-14-10-21-56(39)46(58)41(28(2)3)55-49(62)64-5)16-18-35(31)32-15-19-36-33(23-32)17-20-37-43(36)53-45(51-37)40-22-29(27-63-4)26-57(40)47(59)42(54-48(60)61)30-12-8-7-9-13-30/h7-9,12-13,15-20,23-25,28-29,39-42,54H,10,14,21-22,26-27H2,1-5H3,(H,50,52)(H,51,53)(H,55,62)(H,60,61)/t29-,39?,40-,41-,42+/m0/s1. The smallest absolute Gasteiger partial charge is 0.407 e. The quantitative estimate of drug-likeness (QED) is 0.0765. The summed E-state index contributed by atoms with van der Waals surface area (Å²) in [5.41, 5.74) is 6.63. The Balaban J connectivity index is 1.06. The van der Waals surface area contributed by atoms with Crippen molar-refractivity contribution in [3.63, 3.8) is 0 Å². The molecule has 64 heavy (non-hydrogen) atoms. The number of rotatable bonds is 12. The van der Waals surface area contributed by atoms with Crippen LogP contribution in [0.5, 0.6) is 0 Å². The maximum absolute atomic E-state index is 14.2.